The van der Waals surface area contributed by atoms with Gasteiger partial charge >= 0.3 is 0 Å². The molecule has 0 spiro atoms. The van der Waals surface area contributed by atoms with Crippen LogP contribution in [0, 0.1) is 5.41 Å². The largest absolute Gasteiger partial charge is 0.367 e. The summed E-state index contributed by atoms with van der Waals surface area (Å²) < 4.78 is 0. The molecule has 1 aromatic rings. The Morgan fingerprint density at radius 1 is 1.57 bits per heavy atom. The minimum absolute atomic E-state index is 0.253. The quantitative estimate of drug-likeness (QED) is 0.562. The number of nitrogens with one attached hydrogen (secondary N) is 2. The van der Waals surface area contributed by atoms with E-state index < -0.39 is 0 Å². The molecule has 1 aromatic heterocycles. The van der Waals surface area contributed by atoms with Crippen molar-refractivity contribution in [2.45, 2.75) is 19.9 Å². The molecule has 0 saturated heterocycles. The van der Waals surface area contributed by atoms with E-state index in [1.165, 1.54) is 12.4 Å². The first kappa shape index (κ1) is 10.4. The molecule has 2 N–H and O–H groups in total. The van der Waals surface area contributed by atoms with Crippen molar-refractivity contribution < 1.29 is 4.79 Å². The van der Waals surface area contributed by atoms with Crippen molar-refractivity contribution in [2.24, 2.45) is 0 Å². The lowest BCUT2D eigenvalue weighted by molar-refractivity contribution is 0.112. The molecular formula is C10H13N3O. The van der Waals surface area contributed by atoms with Crippen LogP contribution in [0.1, 0.15) is 29.8 Å². The first-order valence-corrected chi connectivity index (χ1v) is 4.39. The SMILES string of the molecule is CC(C)Nc1ncc(C=O)cc1C=N. The Bertz CT molecular complexity index is 347. The molecule has 1 heterocycles. The highest BCUT2D eigenvalue weighted by Crippen LogP contribution is 2.11. The summed E-state index contributed by atoms with van der Waals surface area (Å²) in [5.74, 6) is 0.639. The average Bonchev–Trinajstić information content (AvgIpc) is 2.17. The third-order valence-corrected chi connectivity index (χ3v) is 1.66. The van der Waals surface area contributed by atoms with Crippen LogP contribution in [0.25, 0.3) is 0 Å². The van der Waals surface area contributed by atoms with Crippen LogP contribution in [0.2, 0.25) is 0 Å². The van der Waals surface area contributed by atoms with Gasteiger partial charge in [-0.25, -0.2) is 4.98 Å². The third-order valence-electron chi connectivity index (χ3n) is 1.66. The average molecular weight is 191 g/mol. The van der Waals surface area contributed by atoms with Crippen molar-refractivity contribution in [1.82, 2.24) is 4.98 Å². The van der Waals surface area contributed by atoms with Crippen molar-refractivity contribution in [1.29, 1.82) is 5.41 Å². The molecular weight excluding hydrogens is 178 g/mol. The maximum Gasteiger partial charge on any atom is 0.151 e. The van der Waals surface area contributed by atoms with E-state index in [4.69, 9.17) is 5.41 Å². The van der Waals surface area contributed by atoms with Crippen LogP contribution in [0.3, 0.4) is 0 Å². The Labute approximate surface area is 82.9 Å². The zero-order chi connectivity index (χ0) is 10.6. The fourth-order valence-corrected chi connectivity index (χ4v) is 1.07. The molecule has 0 radical (unpaired) electrons. The molecule has 1 rings (SSSR count). The van der Waals surface area contributed by atoms with Gasteiger partial charge in [0.1, 0.15) is 5.82 Å². The van der Waals surface area contributed by atoms with Crippen molar-refractivity contribution in [3.63, 3.8) is 0 Å². The number of hydrogen-bond acceptors (Lipinski definition) is 4. The van der Waals surface area contributed by atoms with Crippen LogP contribution in [0.5, 0.6) is 0 Å². The van der Waals surface area contributed by atoms with Crippen LogP contribution < -0.4 is 5.32 Å². The molecule has 4 heteroatoms. The van der Waals surface area contributed by atoms with E-state index in [9.17, 15) is 4.79 Å². The molecule has 0 saturated carbocycles. The summed E-state index contributed by atoms with van der Waals surface area (Å²) in [5, 5.41) is 10.3. The van der Waals surface area contributed by atoms with Crippen LogP contribution in [-0.4, -0.2) is 23.5 Å². The summed E-state index contributed by atoms with van der Waals surface area (Å²) in [6.07, 6.45) is 3.40. The third kappa shape index (κ3) is 2.39. The van der Waals surface area contributed by atoms with E-state index in [0.717, 1.165) is 6.29 Å². The van der Waals surface area contributed by atoms with Gasteiger partial charge < -0.3 is 10.7 Å². The number of carbonyl (C=O) groups is 1. The van der Waals surface area contributed by atoms with Crippen molar-refractivity contribution in [3.05, 3.63) is 23.4 Å². The van der Waals surface area contributed by atoms with Gasteiger partial charge in [-0.1, -0.05) is 0 Å². The smallest absolute Gasteiger partial charge is 0.151 e. The zero-order valence-electron chi connectivity index (χ0n) is 8.24. The fourth-order valence-electron chi connectivity index (χ4n) is 1.07. The Hall–Kier alpha value is -1.71. The van der Waals surface area contributed by atoms with Crippen LogP contribution >= 0.6 is 0 Å². The van der Waals surface area contributed by atoms with Gasteiger partial charge in [0, 0.05) is 29.6 Å². The standard InChI is InChI=1S/C10H13N3O/c1-7(2)13-10-9(4-11)3-8(6-14)5-12-10/h3-7,11H,1-2H3,(H,12,13). The summed E-state index contributed by atoms with van der Waals surface area (Å²) in [5.41, 5.74) is 1.11. The number of pyridine rings is 1. The summed E-state index contributed by atoms with van der Waals surface area (Å²) >= 11 is 0. The Morgan fingerprint density at radius 2 is 2.29 bits per heavy atom. The predicted molar refractivity (Wildman–Crippen MR) is 56.3 cm³/mol. The molecule has 4 nitrogen and oxygen atoms in total. The van der Waals surface area contributed by atoms with Crippen molar-refractivity contribution >= 4 is 18.3 Å². The highest BCUT2D eigenvalue weighted by atomic mass is 16.1. The molecule has 14 heavy (non-hydrogen) atoms. The summed E-state index contributed by atoms with van der Waals surface area (Å²) in [6.45, 7) is 3.98. The second-order valence-electron chi connectivity index (χ2n) is 3.27. The van der Waals surface area contributed by atoms with Gasteiger partial charge in [0.05, 0.1) is 0 Å². The van der Waals surface area contributed by atoms with Gasteiger partial charge in [0.15, 0.2) is 6.29 Å². The van der Waals surface area contributed by atoms with Gasteiger partial charge in [0.2, 0.25) is 0 Å². The molecule has 0 atom stereocenters. The van der Waals surface area contributed by atoms with E-state index in [1.54, 1.807) is 6.07 Å². The van der Waals surface area contributed by atoms with E-state index in [-0.39, 0.29) is 6.04 Å². The minimum atomic E-state index is 0.253. The monoisotopic (exact) mass is 191 g/mol. The minimum Gasteiger partial charge on any atom is -0.367 e. The normalized spacial score (nSPS) is 9.93. The van der Waals surface area contributed by atoms with Gasteiger partial charge in [0.25, 0.3) is 0 Å². The molecule has 74 valence electrons. The number of nitrogens with zero attached hydrogens (tertiary/aromatic N) is 1. The second-order valence-corrected chi connectivity index (χ2v) is 3.27. The topological polar surface area (TPSA) is 65.8 Å². The number of hydrogen-bond donors (Lipinski definition) is 2. The van der Waals surface area contributed by atoms with Crippen molar-refractivity contribution in [3.8, 4) is 0 Å². The predicted octanol–water partition coefficient (Wildman–Crippen LogP) is 1.71. The molecule has 0 aliphatic rings. The Balaban J connectivity index is 3.04. The first-order chi connectivity index (χ1) is 6.67. The van der Waals surface area contributed by atoms with Crippen LogP contribution in [0.15, 0.2) is 12.3 Å². The van der Waals surface area contributed by atoms with Gasteiger partial charge in [-0.15, -0.1) is 0 Å². The number of anilines is 1. The van der Waals surface area contributed by atoms with Crippen molar-refractivity contribution in [2.75, 3.05) is 5.32 Å². The second kappa shape index (κ2) is 4.50. The van der Waals surface area contributed by atoms with Gasteiger partial charge in [-0.2, -0.15) is 0 Å². The molecule has 0 aliphatic carbocycles. The zero-order valence-corrected chi connectivity index (χ0v) is 8.24. The fraction of sp³-hybridized carbons (Fsp3) is 0.300. The van der Waals surface area contributed by atoms with Gasteiger partial charge in [-0.05, 0) is 19.9 Å². The molecule has 0 amide bonds. The van der Waals surface area contributed by atoms with E-state index in [2.05, 4.69) is 10.3 Å². The Kier molecular flexibility index (Phi) is 3.34. The number of aromatic nitrogens is 1. The van der Waals surface area contributed by atoms with Gasteiger partial charge in [-0.3, -0.25) is 4.79 Å². The molecule has 0 bridgehead atoms. The molecule has 0 fully saturated rings. The highest BCUT2D eigenvalue weighted by Gasteiger charge is 2.04. The number of carbonyl (C=O) groups excluding carboxylic acids is 1. The van der Waals surface area contributed by atoms with Crippen LogP contribution in [-0.2, 0) is 0 Å². The summed E-state index contributed by atoms with van der Waals surface area (Å²) in [6, 6.07) is 1.89. The number of rotatable bonds is 4. The lowest BCUT2D eigenvalue weighted by atomic mass is 10.2. The summed E-state index contributed by atoms with van der Waals surface area (Å²) in [7, 11) is 0. The number of aldehydes is 1. The Morgan fingerprint density at radius 3 is 2.79 bits per heavy atom. The lowest BCUT2D eigenvalue weighted by Gasteiger charge is -2.11. The summed E-state index contributed by atoms with van der Waals surface area (Å²) in [4.78, 5) is 14.5. The van der Waals surface area contributed by atoms with E-state index in [1.807, 2.05) is 13.8 Å². The maximum absolute atomic E-state index is 10.5. The van der Waals surface area contributed by atoms with E-state index >= 15 is 0 Å². The lowest BCUT2D eigenvalue weighted by Crippen LogP contribution is -2.13. The van der Waals surface area contributed by atoms with Crippen LogP contribution in [0.4, 0.5) is 5.82 Å². The maximum atomic E-state index is 10.5. The first-order valence-electron chi connectivity index (χ1n) is 4.39. The molecule has 0 aromatic carbocycles. The molecule has 0 aliphatic heterocycles. The van der Waals surface area contributed by atoms with E-state index in [0.29, 0.717) is 16.9 Å². The highest BCUT2D eigenvalue weighted by molar-refractivity contribution is 5.87. The molecule has 0 unspecified atom stereocenters.